The number of fused-ring (bicyclic) bond motifs is 1. The van der Waals surface area contributed by atoms with E-state index in [2.05, 4.69) is 25.7 Å². The van der Waals surface area contributed by atoms with Gasteiger partial charge in [-0.1, -0.05) is 0 Å². The first-order valence-electron chi connectivity index (χ1n) is 12.8. The van der Waals surface area contributed by atoms with Crippen LogP contribution in [0.5, 0.6) is 5.88 Å². The predicted molar refractivity (Wildman–Crippen MR) is 140 cm³/mol. The summed E-state index contributed by atoms with van der Waals surface area (Å²) >= 11 is 0. The van der Waals surface area contributed by atoms with Crippen molar-refractivity contribution >= 4 is 35.0 Å². The highest BCUT2D eigenvalue weighted by Gasteiger charge is 2.29. The quantitative estimate of drug-likeness (QED) is 0.424. The lowest BCUT2D eigenvalue weighted by Crippen LogP contribution is -2.35. The van der Waals surface area contributed by atoms with Crippen LogP contribution in [0.2, 0.25) is 0 Å². The SMILES string of the molecule is CN(C(=O)OC(C)(C)C)c1cc(Nc2cccnc2OC2CC2)nc2c(C(=O)N[C@H]3CCC(O)C3)cnn12. The van der Waals surface area contributed by atoms with Crippen molar-refractivity contribution < 1.29 is 24.2 Å². The Morgan fingerprint density at radius 2 is 2.00 bits per heavy atom. The van der Waals surface area contributed by atoms with Crippen molar-refractivity contribution in [2.45, 2.75) is 76.7 Å². The topological polar surface area (TPSA) is 143 Å². The number of aliphatic hydroxyl groups excluding tert-OH is 1. The standard InChI is InChI=1S/C26H33N7O5/c1-26(2,3)38-25(36)32(4)21-13-20(30-19-6-5-11-27-24(19)37-17-9-10-17)31-22-18(14-28-33(21)22)23(35)29-15-7-8-16(34)12-15/h5-6,11,13-17,34H,7-10,12H2,1-4H3,(H,29,35)(H,30,31)/t15-,16?/m0/s1. The number of hydrogen-bond acceptors (Lipinski definition) is 9. The molecule has 3 aromatic heterocycles. The second-order valence-corrected chi connectivity index (χ2v) is 10.8. The number of carbonyl (C=O) groups is 2. The maximum Gasteiger partial charge on any atom is 0.415 e. The Kier molecular flexibility index (Phi) is 6.82. The first-order chi connectivity index (χ1) is 18.1. The molecule has 1 unspecified atom stereocenters. The Bertz CT molecular complexity index is 1350. The van der Waals surface area contributed by atoms with Crippen molar-refractivity contribution in [3.05, 3.63) is 36.2 Å². The molecule has 3 aromatic rings. The van der Waals surface area contributed by atoms with Gasteiger partial charge >= 0.3 is 6.09 Å². The van der Waals surface area contributed by atoms with Crippen LogP contribution in [0.4, 0.5) is 22.1 Å². The molecule has 3 N–H and O–H groups in total. The minimum absolute atomic E-state index is 0.129. The number of nitrogens with zero attached hydrogens (tertiary/aromatic N) is 5. The van der Waals surface area contributed by atoms with Gasteiger partial charge in [-0.3, -0.25) is 9.69 Å². The van der Waals surface area contributed by atoms with Gasteiger partial charge < -0.3 is 25.2 Å². The number of aromatic nitrogens is 4. The molecule has 202 valence electrons. The van der Waals surface area contributed by atoms with Crippen LogP contribution >= 0.6 is 0 Å². The van der Waals surface area contributed by atoms with E-state index in [1.807, 2.05) is 6.07 Å². The number of rotatable bonds is 7. The van der Waals surface area contributed by atoms with Crippen molar-refractivity contribution in [1.82, 2.24) is 24.9 Å². The maximum absolute atomic E-state index is 13.2. The van der Waals surface area contributed by atoms with E-state index in [1.165, 1.54) is 15.6 Å². The minimum atomic E-state index is -0.704. The summed E-state index contributed by atoms with van der Waals surface area (Å²) in [7, 11) is 1.57. The van der Waals surface area contributed by atoms with Crippen molar-refractivity contribution in [2.24, 2.45) is 0 Å². The Balaban J connectivity index is 1.52. The smallest absolute Gasteiger partial charge is 0.415 e. The Morgan fingerprint density at radius 3 is 2.68 bits per heavy atom. The molecule has 3 heterocycles. The molecule has 2 atom stereocenters. The number of nitrogens with one attached hydrogen (secondary N) is 2. The summed E-state index contributed by atoms with van der Waals surface area (Å²) in [5.41, 5.74) is 0.400. The highest BCUT2D eigenvalue weighted by Crippen LogP contribution is 2.32. The number of pyridine rings is 1. The summed E-state index contributed by atoms with van der Waals surface area (Å²) in [4.78, 5) is 36.5. The Morgan fingerprint density at radius 1 is 1.21 bits per heavy atom. The van der Waals surface area contributed by atoms with Gasteiger partial charge in [0.15, 0.2) is 5.65 Å². The summed E-state index contributed by atoms with van der Waals surface area (Å²) in [6, 6.07) is 5.12. The third kappa shape index (κ3) is 5.80. The molecule has 0 bridgehead atoms. The normalized spacial score (nSPS) is 19.3. The van der Waals surface area contributed by atoms with E-state index in [1.54, 1.807) is 46.1 Å². The number of aliphatic hydroxyl groups is 1. The molecule has 0 radical (unpaired) electrons. The molecule has 0 saturated heterocycles. The molecular formula is C26H33N7O5. The van der Waals surface area contributed by atoms with E-state index < -0.39 is 17.8 Å². The highest BCUT2D eigenvalue weighted by molar-refractivity contribution is 6.00. The maximum atomic E-state index is 13.2. The van der Waals surface area contributed by atoms with Crippen LogP contribution in [-0.4, -0.2) is 67.6 Å². The van der Waals surface area contributed by atoms with Crippen LogP contribution in [-0.2, 0) is 4.74 Å². The van der Waals surface area contributed by atoms with E-state index in [0.717, 1.165) is 12.8 Å². The van der Waals surface area contributed by atoms with Gasteiger partial charge in [-0.05, 0) is 65.0 Å². The molecular weight excluding hydrogens is 490 g/mol. The number of carbonyl (C=O) groups excluding carboxylic acids is 2. The predicted octanol–water partition coefficient (Wildman–Crippen LogP) is 3.42. The molecule has 2 saturated carbocycles. The van der Waals surface area contributed by atoms with Crippen molar-refractivity contribution in [2.75, 3.05) is 17.3 Å². The van der Waals surface area contributed by atoms with Crippen LogP contribution < -0.4 is 20.3 Å². The lowest BCUT2D eigenvalue weighted by Gasteiger charge is -2.25. The molecule has 5 rings (SSSR count). The summed E-state index contributed by atoms with van der Waals surface area (Å²) < 4.78 is 12.9. The fourth-order valence-electron chi connectivity index (χ4n) is 4.25. The summed E-state index contributed by atoms with van der Waals surface area (Å²) in [5, 5.41) is 20.4. The lowest BCUT2D eigenvalue weighted by atomic mass is 10.2. The summed E-state index contributed by atoms with van der Waals surface area (Å²) in [5.74, 6) is 0.803. The van der Waals surface area contributed by atoms with Gasteiger partial charge in [-0.25, -0.2) is 14.8 Å². The first-order valence-corrected chi connectivity index (χ1v) is 12.8. The zero-order valence-corrected chi connectivity index (χ0v) is 22.0. The van der Waals surface area contributed by atoms with Gasteiger partial charge in [0.1, 0.15) is 34.6 Å². The van der Waals surface area contributed by atoms with Crippen molar-refractivity contribution in [1.29, 1.82) is 0 Å². The second-order valence-electron chi connectivity index (χ2n) is 10.8. The van der Waals surface area contributed by atoms with Gasteiger partial charge in [0, 0.05) is 25.4 Å². The molecule has 38 heavy (non-hydrogen) atoms. The third-order valence-electron chi connectivity index (χ3n) is 6.29. The Labute approximate surface area is 220 Å². The fourth-order valence-corrected chi connectivity index (χ4v) is 4.25. The summed E-state index contributed by atoms with van der Waals surface area (Å²) in [6.45, 7) is 5.36. The third-order valence-corrected chi connectivity index (χ3v) is 6.29. The molecule has 12 nitrogen and oxygen atoms in total. The van der Waals surface area contributed by atoms with Crippen LogP contribution in [0.3, 0.4) is 0 Å². The van der Waals surface area contributed by atoms with Gasteiger partial charge in [0.25, 0.3) is 5.91 Å². The largest absolute Gasteiger partial charge is 0.473 e. The molecule has 0 spiro atoms. The zero-order valence-electron chi connectivity index (χ0n) is 22.0. The highest BCUT2D eigenvalue weighted by atomic mass is 16.6. The minimum Gasteiger partial charge on any atom is -0.473 e. The van der Waals surface area contributed by atoms with Gasteiger partial charge in [0.2, 0.25) is 5.88 Å². The average molecular weight is 524 g/mol. The summed E-state index contributed by atoms with van der Waals surface area (Å²) in [6.07, 6.45) is 6.03. The number of ether oxygens (including phenoxy) is 2. The Hall–Kier alpha value is -3.93. The molecule has 12 heteroatoms. The van der Waals surface area contributed by atoms with Gasteiger partial charge in [-0.15, -0.1) is 0 Å². The second kappa shape index (κ2) is 10.1. The van der Waals surface area contributed by atoms with E-state index in [-0.39, 0.29) is 29.3 Å². The van der Waals surface area contributed by atoms with Crippen molar-refractivity contribution in [3.63, 3.8) is 0 Å². The van der Waals surface area contributed by atoms with E-state index in [9.17, 15) is 14.7 Å². The number of hydrogen-bond donors (Lipinski definition) is 3. The number of anilines is 3. The number of amides is 2. The van der Waals surface area contributed by atoms with E-state index in [4.69, 9.17) is 9.47 Å². The van der Waals surface area contributed by atoms with Crippen LogP contribution in [0.15, 0.2) is 30.6 Å². The fraction of sp³-hybridized carbons (Fsp3) is 0.500. The van der Waals surface area contributed by atoms with Crippen LogP contribution in [0.25, 0.3) is 5.65 Å². The molecule has 2 aliphatic carbocycles. The van der Waals surface area contributed by atoms with Gasteiger partial charge in [-0.2, -0.15) is 9.61 Å². The molecule has 0 aliphatic heterocycles. The molecule has 2 fully saturated rings. The molecule has 2 amide bonds. The first kappa shape index (κ1) is 25.7. The zero-order chi connectivity index (χ0) is 27.0. The van der Waals surface area contributed by atoms with Gasteiger partial charge in [0.05, 0.1) is 12.3 Å². The van der Waals surface area contributed by atoms with E-state index >= 15 is 0 Å². The average Bonchev–Trinajstić information content (AvgIpc) is 3.41. The van der Waals surface area contributed by atoms with Crippen molar-refractivity contribution in [3.8, 4) is 5.88 Å². The lowest BCUT2D eigenvalue weighted by molar-refractivity contribution is 0.0587. The van der Waals surface area contributed by atoms with Crippen LogP contribution in [0.1, 0.15) is 63.2 Å². The van der Waals surface area contributed by atoms with E-state index in [0.29, 0.717) is 42.5 Å². The molecule has 2 aliphatic rings. The monoisotopic (exact) mass is 523 g/mol. The molecule has 0 aromatic carbocycles. The van der Waals surface area contributed by atoms with Crippen LogP contribution in [0, 0.1) is 0 Å².